The minimum absolute atomic E-state index is 0.191. The van der Waals surface area contributed by atoms with Crippen LogP contribution in [0.5, 0.6) is 0 Å². The summed E-state index contributed by atoms with van der Waals surface area (Å²) in [6, 6.07) is 46.9. The zero-order valence-electron chi connectivity index (χ0n) is 32.4. The Labute approximate surface area is 359 Å². The summed E-state index contributed by atoms with van der Waals surface area (Å²) in [5.74, 6) is 0.766. The van der Waals surface area contributed by atoms with Crippen molar-refractivity contribution in [1.29, 1.82) is 0 Å². The lowest BCUT2D eigenvalue weighted by Crippen LogP contribution is -2.51. The molecule has 0 bridgehead atoms. The predicted molar refractivity (Wildman–Crippen MR) is 235 cm³/mol. The number of hydrogen-bond acceptors (Lipinski definition) is 8. The smallest absolute Gasteiger partial charge is 0.267 e. The van der Waals surface area contributed by atoms with Crippen molar-refractivity contribution in [3.63, 3.8) is 0 Å². The van der Waals surface area contributed by atoms with Gasteiger partial charge in [-0.3, -0.25) is 0 Å². The second-order valence-electron chi connectivity index (χ2n) is 14.9. The minimum atomic E-state index is -3.91. The van der Waals surface area contributed by atoms with Gasteiger partial charge in [0.1, 0.15) is 9.75 Å². The van der Waals surface area contributed by atoms with Gasteiger partial charge in [0.2, 0.25) is 24.3 Å². The molecule has 0 aromatic heterocycles. The van der Waals surface area contributed by atoms with Crippen LogP contribution in [0.1, 0.15) is 33.4 Å². The summed E-state index contributed by atoms with van der Waals surface area (Å²) in [5, 5.41) is 0. The van der Waals surface area contributed by atoms with Crippen LogP contribution in [-0.2, 0) is 39.3 Å². The van der Waals surface area contributed by atoms with Gasteiger partial charge >= 0.3 is 0 Å². The summed E-state index contributed by atoms with van der Waals surface area (Å²) in [4.78, 5) is 7.28. The third-order valence-corrected chi connectivity index (χ3v) is 15.5. The second-order valence-corrected chi connectivity index (χ2v) is 19.9. The van der Waals surface area contributed by atoms with Crippen LogP contribution < -0.4 is 8.61 Å². The monoisotopic (exact) mass is 876 g/mol. The van der Waals surface area contributed by atoms with Crippen LogP contribution in [0.25, 0.3) is 0 Å². The Bertz CT molecular complexity index is 2680. The number of sulfonamides is 2. The molecule has 0 unspecified atom stereocenters. The fraction of sp³-hybridized carbons (Fsp3) is 0.174. The van der Waals surface area contributed by atoms with Crippen LogP contribution in [0, 0.1) is 13.8 Å². The molecule has 0 aliphatic carbocycles. The van der Waals surface area contributed by atoms with E-state index in [1.54, 1.807) is 72.8 Å². The largest absolute Gasteiger partial charge is 0.450 e. The van der Waals surface area contributed by atoms with E-state index in [9.17, 15) is 16.8 Å². The molecule has 14 heteroatoms. The van der Waals surface area contributed by atoms with Gasteiger partial charge < -0.3 is 9.47 Å². The molecule has 10 rings (SSSR count). The molecule has 4 atom stereocenters. The zero-order valence-corrected chi connectivity index (χ0v) is 35.5. The van der Waals surface area contributed by atoms with Crippen molar-refractivity contribution >= 4 is 66.4 Å². The fourth-order valence-electron chi connectivity index (χ4n) is 7.83. The molecule has 0 fully saturated rings. The first-order valence-corrected chi connectivity index (χ1v) is 22.8. The van der Waals surface area contributed by atoms with Crippen molar-refractivity contribution in [2.45, 2.75) is 45.8 Å². The van der Waals surface area contributed by atoms with Crippen molar-refractivity contribution in [2.75, 3.05) is 21.7 Å². The molecule has 10 nitrogen and oxygen atoms in total. The highest BCUT2D eigenvalue weighted by Crippen LogP contribution is 2.54. The predicted octanol–water partition coefficient (Wildman–Crippen LogP) is 8.88. The van der Waals surface area contributed by atoms with Gasteiger partial charge in [0.05, 0.1) is 34.3 Å². The van der Waals surface area contributed by atoms with Crippen LogP contribution >= 0.6 is 23.2 Å². The quantitative estimate of drug-likeness (QED) is 0.154. The number of hydrogen-bond donors (Lipinski definition) is 0. The van der Waals surface area contributed by atoms with Crippen LogP contribution in [0.3, 0.4) is 0 Å². The molecule has 0 spiro atoms. The van der Waals surface area contributed by atoms with E-state index >= 15 is 0 Å². The first-order valence-electron chi connectivity index (χ1n) is 19.1. The van der Waals surface area contributed by atoms with E-state index < -0.39 is 42.3 Å². The molecular formula is C46H38Cl2N4O6S2. The summed E-state index contributed by atoms with van der Waals surface area (Å²) in [7, 11) is -7.83. The molecular weight excluding hydrogens is 840 g/mol. The number of halogens is 2. The Kier molecular flexibility index (Phi) is 10.0. The SMILES string of the molecule is Cc1ccc(S(=O)(=O)N2c3ccccc3[C@]3(Cl)CN=C(c4ccccc4)O[C@H]23)cc1.Cc1ccc(S(=O)(=O)N2c3ccccc3[C@]3(Cl)CN=C(c4ccccc4)O[C@H]23)cc1. The van der Waals surface area contributed by atoms with E-state index in [0.717, 1.165) is 22.3 Å². The standard InChI is InChI=1S/2C23H19ClN2O3S/c2*1-16-11-13-18(14-12-16)30(27,28)26-20-10-6-5-9-19(20)23(24)15-25-21(29-22(23)26)17-7-3-2-4-8-17/h2*2-14,22H,15H2,1H3/t2*22-,23+/m00/s1. The molecule has 4 heterocycles. The lowest BCUT2D eigenvalue weighted by Gasteiger charge is -2.36. The minimum Gasteiger partial charge on any atom is -0.450 e. The molecule has 0 radical (unpaired) electrons. The van der Waals surface area contributed by atoms with Crippen molar-refractivity contribution in [2.24, 2.45) is 9.98 Å². The van der Waals surface area contributed by atoms with E-state index in [1.807, 2.05) is 98.8 Å². The third kappa shape index (κ3) is 6.62. The van der Waals surface area contributed by atoms with Crippen LogP contribution in [-0.4, -0.2) is 54.2 Å². The van der Waals surface area contributed by atoms with E-state index in [-0.39, 0.29) is 22.9 Å². The Morgan fingerprint density at radius 3 is 1.20 bits per heavy atom. The van der Waals surface area contributed by atoms with Gasteiger partial charge in [-0.15, -0.1) is 23.2 Å². The maximum Gasteiger partial charge on any atom is 0.267 e. The Hall–Kier alpha value is -5.66. The number of ether oxygens (including phenoxy) is 2. The first kappa shape index (κ1) is 39.8. The molecule has 6 aromatic rings. The Morgan fingerprint density at radius 1 is 0.500 bits per heavy atom. The molecule has 4 aliphatic rings. The molecule has 0 amide bonds. The fourth-order valence-corrected chi connectivity index (χ4v) is 11.9. The molecule has 4 aliphatic heterocycles. The number of anilines is 2. The number of aliphatic imine (C=N–C) groups is 2. The lowest BCUT2D eigenvalue weighted by atomic mass is 9.98. The lowest BCUT2D eigenvalue weighted by molar-refractivity contribution is 0.146. The van der Waals surface area contributed by atoms with E-state index in [2.05, 4.69) is 9.98 Å². The number of nitrogens with zero attached hydrogens (tertiary/aromatic N) is 4. The summed E-state index contributed by atoms with van der Waals surface area (Å²) in [6.45, 7) is 4.25. The highest BCUT2D eigenvalue weighted by Gasteiger charge is 2.59. The maximum atomic E-state index is 13.7. The average Bonchev–Trinajstić information content (AvgIpc) is 3.70. The van der Waals surface area contributed by atoms with Gasteiger partial charge in [-0.25, -0.2) is 35.4 Å². The number of aryl methyl sites for hydroxylation is 2. The average molecular weight is 878 g/mol. The zero-order chi connectivity index (χ0) is 41.9. The van der Waals surface area contributed by atoms with Gasteiger partial charge in [0.15, 0.2) is 0 Å². The Morgan fingerprint density at radius 2 is 0.833 bits per heavy atom. The van der Waals surface area contributed by atoms with Gasteiger partial charge in [-0.1, -0.05) is 108 Å². The van der Waals surface area contributed by atoms with Gasteiger partial charge in [0.25, 0.3) is 20.0 Å². The number of benzene rings is 6. The normalized spacial score (nSPS) is 22.7. The molecule has 0 saturated heterocycles. The molecule has 6 aromatic carbocycles. The molecule has 304 valence electrons. The maximum absolute atomic E-state index is 13.7. The number of rotatable bonds is 6. The number of para-hydroxylation sites is 2. The van der Waals surface area contributed by atoms with E-state index in [4.69, 9.17) is 32.7 Å². The molecule has 60 heavy (non-hydrogen) atoms. The highest BCUT2D eigenvalue weighted by atomic mass is 35.5. The van der Waals surface area contributed by atoms with Crippen molar-refractivity contribution in [3.8, 4) is 0 Å². The summed E-state index contributed by atoms with van der Waals surface area (Å²) >= 11 is 14.1. The highest BCUT2D eigenvalue weighted by molar-refractivity contribution is 7.93. The molecule has 0 saturated carbocycles. The molecule has 0 N–H and O–H groups in total. The van der Waals surface area contributed by atoms with Crippen molar-refractivity contribution in [1.82, 2.24) is 0 Å². The van der Waals surface area contributed by atoms with Crippen LogP contribution in [0.2, 0.25) is 0 Å². The Balaban J connectivity index is 0.000000154. The van der Waals surface area contributed by atoms with Gasteiger partial charge in [-0.05, 0) is 74.5 Å². The van der Waals surface area contributed by atoms with Gasteiger partial charge in [0, 0.05) is 22.3 Å². The summed E-state index contributed by atoms with van der Waals surface area (Å²) in [6.07, 6.45) is -1.90. The third-order valence-electron chi connectivity index (χ3n) is 10.9. The van der Waals surface area contributed by atoms with Crippen molar-refractivity contribution < 1.29 is 26.3 Å². The van der Waals surface area contributed by atoms with Crippen LogP contribution in [0.15, 0.2) is 178 Å². The summed E-state index contributed by atoms with van der Waals surface area (Å²) in [5.41, 5.74) is 5.95. The van der Waals surface area contributed by atoms with Gasteiger partial charge in [-0.2, -0.15) is 0 Å². The summed E-state index contributed by atoms with van der Waals surface area (Å²) < 4.78 is 69.8. The number of alkyl halides is 2. The topological polar surface area (TPSA) is 118 Å². The van der Waals surface area contributed by atoms with E-state index in [0.29, 0.717) is 34.3 Å². The number of fused-ring (bicyclic) bond motifs is 6. The first-order chi connectivity index (χ1) is 28.8. The van der Waals surface area contributed by atoms with Crippen molar-refractivity contribution in [3.05, 3.63) is 191 Å². The van der Waals surface area contributed by atoms with Crippen LogP contribution in [0.4, 0.5) is 11.4 Å². The van der Waals surface area contributed by atoms with E-state index in [1.165, 1.54) is 8.61 Å². The second kappa shape index (κ2) is 15.1.